The molecule has 13 heteroatoms. The van der Waals surface area contributed by atoms with Gasteiger partial charge in [0.1, 0.15) is 32.5 Å². The number of aliphatic hydroxyl groups excluding tert-OH is 1. The van der Waals surface area contributed by atoms with Gasteiger partial charge in [0.15, 0.2) is 17.5 Å². The second-order valence-corrected chi connectivity index (χ2v) is 14.1. The first-order chi connectivity index (χ1) is 29.7. The van der Waals surface area contributed by atoms with Crippen molar-refractivity contribution in [3.8, 4) is 17.2 Å². The van der Waals surface area contributed by atoms with E-state index in [0.717, 1.165) is 22.3 Å². The third-order valence-corrected chi connectivity index (χ3v) is 9.33. The molecule has 61 heavy (non-hydrogen) atoms. The first kappa shape index (κ1) is 45.2. The Morgan fingerprint density at radius 3 is 1.56 bits per heavy atom. The molecule has 320 valence electrons. The molecule has 0 saturated heterocycles. The van der Waals surface area contributed by atoms with Crippen LogP contribution < -0.4 is 30.2 Å². The Kier molecular flexibility index (Phi) is 18.0. The van der Waals surface area contributed by atoms with Crippen LogP contribution in [0.5, 0.6) is 17.2 Å². The molecular formula is C48H53N3O10. The molecule has 3 amide bonds. The van der Waals surface area contributed by atoms with Gasteiger partial charge in [-0.05, 0) is 67.5 Å². The first-order valence-electron chi connectivity index (χ1n) is 20.3. The number of unbranched alkanes of at least 4 members (excludes halogenated alkanes) is 1. The van der Waals surface area contributed by atoms with Crippen LogP contribution in [-0.2, 0) is 45.5 Å². The molecule has 13 nitrogen and oxygen atoms in total. The van der Waals surface area contributed by atoms with Gasteiger partial charge in [-0.1, -0.05) is 121 Å². The number of aliphatic hydroxyl groups is 1. The van der Waals surface area contributed by atoms with Crippen molar-refractivity contribution in [1.82, 2.24) is 16.0 Å². The summed E-state index contributed by atoms with van der Waals surface area (Å²) < 4.78 is 29.4. The molecule has 3 atom stereocenters. The minimum absolute atomic E-state index is 0.0350. The lowest BCUT2D eigenvalue weighted by Gasteiger charge is -2.24. The number of ether oxygens (including phenoxy) is 5. The maximum absolute atomic E-state index is 14.3. The average Bonchev–Trinajstić information content (AvgIpc) is 3.28. The van der Waals surface area contributed by atoms with E-state index in [0.29, 0.717) is 12.8 Å². The quantitative estimate of drug-likeness (QED) is 0.0395. The third-order valence-electron chi connectivity index (χ3n) is 9.33. The summed E-state index contributed by atoms with van der Waals surface area (Å²) in [5.41, 5.74) is 3.61. The lowest BCUT2D eigenvalue weighted by atomic mass is 10.1. The molecule has 5 aromatic rings. The van der Waals surface area contributed by atoms with Crippen molar-refractivity contribution in [3.63, 3.8) is 0 Å². The molecule has 0 bridgehead atoms. The maximum Gasteiger partial charge on any atom is 0.407 e. The van der Waals surface area contributed by atoms with Crippen LogP contribution in [0.4, 0.5) is 4.79 Å². The van der Waals surface area contributed by atoms with Crippen LogP contribution in [0.3, 0.4) is 0 Å². The smallest absolute Gasteiger partial charge is 0.407 e. The number of amides is 3. The van der Waals surface area contributed by atoms with Gasteiger partial charge < -0.3 is 44.7 Å². The number of carbonyl (C=O) groups is 4. The Hall–Kier alpha value is -6.86. The first-order valence-corrected chi connectivity index (χ1v) is 20.3. The van der Waals surface area contributed by atoms with Crippen LogP contribution in [0.2, 0.25) is 0 Å². The predicted octanol–water partition coefficient (Wildman–Crippen LogP) is 7.05. The number of nitrogens with one attached hydrogen (secondary N) is 3. The number of hydrogen-bond donors (Lipinski definition) is 4. The van der Waals surface area contributed by atoms with Crippen molar-refractivity contribution in [2.45, 2.75) is 77.7 Å². The number of benzene rings is 5. The van der Waals surface area contributed by atoms with Crippen molar-refractivity contribution in [2.24, 2.45) is 0 Å². The van der Waals surface area contributed by atoms with Gasteiger partial charge in [-0.2, -0.15) is 0 Å². The number of carbonyl (C=O) groups excluding carboxylic acids is 4. The Morgan fingerprint density at radius 1 is 0.607 bits per heavy atom. The zero-order chi connectivity index (χ0) is 43.2. The molecule has 5 aromatic carbocycles. The van der Waals surface area contributed by atoms with E-state index in [1.165, 1.54) is 19.1 Å². The minimum atomic E-state index is -1.38. The largest absolute Gasteiger partial charge is 0.485 e. The predicted molar refractivity (Wildman–Crippen MR) is 229 cm³/mol. The second kappa shape index (κ2) is 24.3. The molecular weight excluding hydrogens is 779 g/mol. The molecule has 0 heterocycles. The van der Waals surface area contributed by atoms with Gasteiger partial charge in [-0.25, -0.2) is 9.59 Å². The zero-order valence-corrected chi connectivity index (χ0v) is 34.4. The standard InChI is InChI=1S/C48H53N3O10/c1-3-57-47(55)43(34(2)52)51-46(54)40(26-16-17-27-49-48(56)61-33-38-24-14-7-15-25-38)50-45(53)39-28-41(58-30-35-18-8-4-9-19-35)44(60-32-37-22-12-6-13-23-37)42(29-39)59-31-36-20-10-5-11-21-36/h4-15,18-25,28-29,34,40,43,52H,3,16-17,26-27,30-33H2,1-2H3,(H,49,56)(H,50,53)(H,51,54)/t34-,40+,43-/m0/s1. The summed E-state index contributed by atoms with van der Waals surface area (Å²) in [5, 5.41) is 18.5. The molecule has 0 aliphatic carbocycles. The van der Waals surface area contributed by atoms with E-state index in [-0.39, 0.29) is 68.8 Å². The van der Waals surface area contributed by atoms with Gasteiger partial charge in [-0.3, -0.25) is 9.59 Å². The van der Waals surface area contributed by atoms with Gasteiger partial charge in [0.2, 0.25) is 11.7 Å². The van der Waals surface area contributed by atoms with Crippen LogP contribution in [0.1, 0.15) is 65.7 Å². The summed E-state index contributed by atoms with van der Waals surface area (Å²) in [5.74, 6) is -1.43. The Morgan fingerprint density at radius 2 is 1.08 bits per heavy atom. The van der Waals surface area contributed by atoms with Gasteiger partial charge in [-0.15, -0.1) is 0 Å². The summed E-state index contributed by atoms with van der Waals surface area (Å²) >= 11 is 0. The normalized spacial score (nSPS) is 12.2. The van der Waals surface area contributed by atoms with Crippen molar-refractivity contribution >= 4 is 23.9 Å². The van der Waals surface area contributed by atoms with Crippen molar-refractivity contribution in [2.75, 3.05) is 13.2 Å². The summed E-state index contributed by atoms with van der Waals surface area (Å²) in [6.07, 6.45) is -0.963. The van der Waals surface area contributed by atoms with E-state index < -0.39 is 42.1 Å². The molecule has 0 aromatic heterocycles. The van der Waals surface area contributed by atoms with Crippen LogP contribution in [0.25, 0.3) is 0 Å². The highest BCUT2D eigenvalue weighted by atomic mass is 16.6. The van der Waals surface area contributed by atoms with E-state index in [1.54, 1.807) is 6.92 Å². The Bertz CT molecular complexity index is 2060. The SMILES string of the molecule is CCOC(=O)[C@@H](NC(=O)[C@@H](CCCCNC(=O)OCc1ccccc1)NC(=O)c1cc(OCc2ccccc2)c(OCc2ccccc2)c(OCc2ccccc2)c1)[C@H](C)O. The molecule has 0 aliphatic heterocycles. The highest BCUT2D eigenvalue weighted by molar-refractivity contribution is 5.99. The van der Waals surface area contributed by atoms with Gasteiger partial charge >= 0.3 is 12.1 Å². The van der Waals surface area contributed by atoms with Gasteiger partial charge in [0.25, 0.3) is 5.91 Å². The number of rotatable bonds is 23. The molecule has 4 N–H and O–H groups in total. The van der Waals surface area contributed by atoms with E-state index >= 15 is 0 Å². The van der Waals surface area contributed by atoms with E-state index in [4.69, 9.17) is 23.7 Å². The summed E-state index contributed by atoms with van der Waals surface area (Å²) in [7, 11) is 0. The van der Waals surface area contributed by atoms with Crippen molar-refractivity contribution < 1.29 is 48.0 Å². The van der Waals surface area contributed by atoms with Gasteiger partial charge in [0.05, 0.1) is 12.7 Å². The van der Waals surface area contributed by atoms with E-state index in [2.05, 4.69) is 16.0 Å². The molecule has 0 radical (unpaired) electrons. The summed E-state index contributed by atoms with van der Waals surface area (Å²) in [4.78, 5) is 53.1. The second-order valence-electron chi connectivity index (χ2n) is 14.1. The van der Waals surface area contributed by atoms with Crippen LogP contribution >= 0.6 is 0 Å². The lowest BCUT2D eigenvalue weighted by molar-refractivity contribution is -0.150. The fourth-order valence-electron chi connectivity index (χ4n) is 6.08. The molecule has 0 fully saturated rings. The van der Waals surface area contributed by atoms with E-state index in [1.807, 2.05) is 121 Å². The molecule has 0 aliphatic rings. The number of esters is 1. The highest BCUT2D eigenvalue weighted by Crippen LogP contribution is 2.40. The summed E-state index contributed by atoms with van der Waals surface area (Å²) in [6, 6.07) is 38.4. The molecule has 0 unspecified atom stereocenters. The van der Waals surface area contributed by atoms with Crippen LogP contribution in [0, 0.1) is 0 Å². The maximum atomic E-state index is 14.3. The lowest BCUT2D eigenvalue weighted by Crippen LogP contribution is -2.55. The molecule has 0 saturated carbocycles. The Labute approximate surface area is 356 Å². The van der Waals surface area contributed by atoms with E-state index in [9.17, 15) is 24.3 Å². The zero-order valence-electron chi connectivity index (χ0n) is 34.4. The number of hydrogen-bond acceptors (Lipinski definition) is 10. The monoisotopic (exact) mass is 831 g/mol. The van der Waals surface area contributed by atoms with Crippen LogP contribution in [0.15, 0.2) is 133 Å². The van der Waals surface area contributed by atoms with Crippen molar-refractivity contribution in [3.05, 3.63) is 161 Å². The topological polar surface area (TPSA) is 171 Å². The van der Waals surface area contributed by atoms with Gasteiger partial charge in [0, 0.05) is 12.1 Å². The fraction of sp³-hybridized carbons (Fsp3) is 0.292. The third kappa shape index (κ3) is 15.0. The molecule has 0 spiro atoms. The number of alkyl carbamates (subject to hydrolysis) is 1. The Balaban J connectivity index is 1.38. The average molecular weight is 832 g/mol. The molecule has 5 rings (SSSR count). The van der Waals surface area contributed by atoms with Crippen molar-refractivity contribution in [1.29, 1.82) is 0 Å². The summed E-state index contributed by atoms with van der Waals surface area (Å²) in [6.45, 7) is 3.84. The van der Waals surface area contributed by atoms with Crippen LogP contribution in [-0.4, -0.2) is 60.3 Å². The minimum Gasteiger partial charge on any atom is -0.485 e. The fourth-order valence-corrected chi connectivity index (χ4v) is 6.08. The highest BCUT2D eigenvalue weighted by Gasteiger charge is 2.31.